The molecule has 1 heterocycles. The maximum absolute atomic E-state index is 6.55. The van der Waals surface area contributed by atoms with E-state index in [0.717, 1.165) is 23.0 Å². The van der Waals surface area contributed by atoms with Crippen LogP contribution in [0.25, 0.3) is 0 Å². The predicted octanol–water partition coefficient (Wildman–Crippen LogP) is 3.06. The minimum Gasteiger partial charge on any atom is -0.319 e. The number of thiazole rings is 1. The Bertz CT molecular complexity index is 347. The second-order valence-corrected chi connectivity index (χ2v) is 5.97. The molecular weight excluding hydrogens is 204 g/mol. The summed E-state index contributed by atoms with van der Waals surface area (Å²) in [6, 6.07) is 0. The Morgan fingerprint density at radius 1 is 1.53 bits per heavy atom. The van der Waals surface area contributed by atoms with Gasteiger partial charge in [-0.1, -0.05) is 13.8 Å². The number of nitrogens with two attached hydrogens (primary N) is 1. The fourth-order valence-electron chi connectivity index (χ4n) is 2.55. The Balaban J connectivity index is 2.26. The number of rotatable bonds is 1. The van der Waals surface area contributed by atoms with Gasteiger partial charge in [-0.25, -0.2) is 4.98 Å². The van der Waals surface area contributed by atoms with Gasteiger partial charge in [0.2, 0.25) is 0 Å². The molecule has 0 amide bonds. The second-order valence-electron chi connectivity index (χ2n) is 5.12. The predicted molar refractivity (Wildman–Crippen MR) is 64.9 cm³/mol. The van der Waals surface area contributed by atoms with E-state index in [-0.39, 0.29) is 5.54 Å². The largest absolute Gasteiger partial charge is 0.319 e. The van der Waals surface area contributed by atoms with E-state index < -0.39 is 0 Å². The van der Waals surface area contributed by atoms with Crippen molar-refractivity contribution in [1.29, 1.82) is 0 Å². The Morgan fingerprint density at radius 3 is 2.80 bits per heavy atom. The highest BCUT2D eigenvalue weighted by atomic mass is 32.1. The van der Waals surface area contributed by atoms with E-state index in [0.29, 0.717) is 5.92 Å². The monoisotopic (exact) mass is 224 g/mol. The van der Waals surface area contributed by atoms with Crippen molar-refractivity contribution < 1.29 is 0 Å². The molecule has 2 N–H and O–H groups in total. The van der Waals surface area contributed by atoms with Crippen molar-refractivity contribution in [1.82, 2.24) is 4.98 Å². The summed E-state index contributed by atoms with van der Waals surface area (Å²) in [7, 11) is 0. The van der Waals surface area contributed by atoms with Gasteiger partial charge in [-0.05, 0) is 38.0 Å². The number of hydrogen-bond acceptors (Lipinski definition) is 3. The van der Waals surface area contributed by atoms with Crippen molar-refractivity contribution in [2.24, 2.45) is 17.6 Å². The smallest absolute Gasteiger partial charge is 0.113 e. The molecule has 3 heteroatoms. The summed E-state index contributed by atoms with van der Waals surface area (Å²) in [6.45, 7) is 6.63. The zero-order valence-electron chi connectivity index (χ0n) is 9.79. The van der Waals surface area contributed by atoms with Crippen LogP contribution in [0, 0.1) is 18.8 Å². The van der Waals surface area contributed by atoms with Crippen LogP contribution in [0.2, 0.25) is 0 Å². The highest BCUT2D eigenvalue weighted by molar-refractivity contribution is 7.09. The molecule has 1 aromatic heterocycles. The highest BCUT2D eigenvalue weighted by Crippen LogP contribution is 2.42. The maximum Gasteiger partial charge on any atom is 0.113 e. The van der Waals surface area contributed by atoms with Crippen LogP contribution in [-0.2, 0) is 5.54 Å². The molecular formula is C12H20N2S. The van der Waals surface area contributed by atoms with Crippen LogP contribution in [0.3, 0.4) is 0 Å². The zero-order valence-corrected chi connectivity index (χ0v) is 10.6. The van der Waals surface area contributed by atoms with Crippen molar-refractivity contribution in [2.45, 2.75) is 45.6 Å². The first kappa shape index (κ1) is 11.1. The third-order valence-corrected chi connectivity index (χ3v) is 4.86. The van der Waals surface area contributed by atoms with Gasteiger partial charge < -0.3 is 5.73 Å². The molecule has 0 radical (unpaired) electrons. The molecule has 3 atom stereocenters. The van der Waals surface area contributed by atoms with Gasteiger partial charge in [0.15, 0.2) is 0 Å². The number of hydrogen-bond donors (Lipinski definition) is 1. The highest BCUT2D eigenvalue weighted by Gasteiger charge is 2.40. The number of nitrogens with zero attached hydrogens (tertiary/aromatic N) is 1. The Hall–Kier alpha value is -0.410. The van der Waals surface area contributed by atoms with E-state index in [2.05, 4.69) is 24.2 Å². The third-order valence-electron chi connectivity index (χ3n) is 3.70. The lowest BCUT2D eigenvalue weighted by atomic mass is 9.71. The molecule has 15 heavy (non-hydrogen) atoms. The normalized spacial score (nSPS) is 36.8. The third kappa shape index (κ3) is 1.95. The lowest BCUT2D eigenvalue weighted by Gasteiger charge is -2.40. The van der Waals surface area contributed by atoms with Gasteiger partial charge in [-0.15, -0.1) is 11.3 Å². The summed E-state index contributed by atoms with van der Waals surface area (Å²) in [5.41, 5.74) is 7.49. The molecule has 1 fully saturated rings. The molecule has 0 bridgehead atoms. The fraction of sp³-hybridized carbons (Fsp3) is 0.750. The summed E-state index contributed by atoms with van der Waals surface area (Å²) < 4.78 is 0. The molecule has 84 valence electrons. The minimum absolute atomic E-state index is 0.161. The van der Waals surface area contributed by atoms with E-state index in [1.807, 2.05) is 6.92 Å². The van der Waals surface area contributed by atoms with Crippen molar-refractivity contribution in [3.8, 4) is 0 Å². The molecule has 2 nitrogen and oxygen atoms in total. The Kier molecular flexibility index (Phi) is 2.86. The number of aromatic nitrogens is 1. The molecule has 1 aromatic rings. The van der Waals surface area contributed by atoms with E-state index in [1.165, 1.54) is 12.8 Å². The van der Waals surface area contributed by atoms with Crippen molar-refractivity contribution >= 4 is 11.3 Å². The Morgan fingerprint density at radius 2 is 2.27 bits per heavy atom. The van der Waals surface area contributed by atoms with Crippen molar-refractivity contribution in [3.05, 3.63) is 16.1 Å². The second kappa shape index (κ2) is 3.87. The molecule has 1 aliphatic rings. The van der Waals surface area contributed by atoms with Crippen molar-refractivity contribution in [2.75, 3.05) is 0 Å². The fourth-order valence-corrected chi connectivity index (χ4v) is 3.60. The maximum atomic E-state index is 6.55. The quantitative estimate of drug-likeness (QED) is 0.796. The molecule has 2 rings (SSSR count). The van der Waals surface area contributed by atoms with Crippen LogP contribution in [0.5, 0.6) is 0 Å². The SMILES string of the molecule is Cc1csc(C2(N)CCC(C)CC2C)n1. The lowest BCUT2D eigenvalue weighted by Crippen LogP contribution is -2.46. The van der Waals surface area contributed by atoms with Crippen LogP contribution in [-0.4, -0.2) is 4.98 Å². The molecule has 0 aromatic carbocycles. The molecule has 3 unspecified atom stereocenters. The topological polar surface area (TPSA) is 38.9 Å². The van der Waals surface area contributed by atoms with E-state index >= 15 is 0 Å². The summed E-state index contributed by atoms with van der Waals surface area (Å²) in [4.78, 5) is 4.58. The van der Waals surface area contributed by atoms with Crippen LogP contribution >= 0.6 is 11.3 Å². The van der Waals surface area contributed by atoms with E-state index in [9.17, 15) is 0 Å². The Labute approximate surface area is 95.9 Å². The molecule has 1 saturated carbocycles. The minimum atomic E-state index is -0.161. The summed E-state index contributed by atoms with van der Waals surface area (Å²) in [5, 5.41) is 3.24. The van der Waals surface area contributed by atoms with Gasteiger partial charge in [0.1, 0.15) is 5.01 Å². The molecule has 0 aliphatic heterocycles. The summed E-state index contributed by atoms with van der Waals surface area (Å²) >= 11 is 1.72. The van der Waals surface area contributed by atoms with Gasteiger partial charge in [-0.2, -0.15) is 0 Å². The van der Waals surface area contributed by atoms with Gasteiger partial charge in [0.25, 0.3) is 0 Å². The van der Waals surface area contributed by atoms with Crippen molar-refractivity contribution in [3.63, 3.8) is 0 Å². The van der Waals surface area contributed by atoms with Crippen LogP contribution in [0.1, 0.15) is 43.8 Å². The average molecular weight is 224 g/mol. The summed E-state index contributed by atoms with van der Waals surface area (Å²) in [5.74, 6) is 1.37. The molecule has 0 spiro atoms. The average Bonchev–Trinajstić information content (AvgIpc) is 2.60. The first-order chi connectivity index (χ1) is 7.02. The van der Waals surface area contributed by atoms with Gasteiger partial charge in [0, 0.05) is 11.1 Å². The molecule has 1 aliphatic carbocycles. The first-order valence-corrected chi connectivity index (χ1v) is 6.62. The lowest BCUT2D eigenvalue weighted by molar-refractivity contribution is 0.164. The van der Waals surface area contributed by atoms with Gasteiger partial charge >= 0.3 is 0 Å². The zero-order chi connectivity index (χ0) is 11.1. The number of aryl methyl sites for hydroxylation is 1. The van der Waals surface area contributed by atoms with Crippen LogP contribution in [0.4, 0.5) is 0 Å². The van der Waals surface area contributed by atoms with E-state index in [1.54, 1.807) is 11.3 Å². The van der Waals surface area contributed by atoms with Crippen LogP contribution in [0.15, 0.2) is 5.38 Å². The van der Waals surface area contributed by atoms with Gasteiger partial charge in [-0.3, -0.25) is 0 Å². The van der Waals surface area contributed by atoms with Gasteiger partial charge in [0.05, 0.1) is 5.54 Å². The first-order valence-electron chi connectivity index (χ1n) is 5.74. The molecule has 0 saturated heterocycles. The standard InChI is InChI=1S/C12H20N2S/c1-8-4-5-12(13,9(2)6-8)11-14-10(3)7-15-11/h7-9H,4-6,13H2,1-3H3. The van der Waals surface area contributed by atoms with E-state index in [4.69, 9.17) is 5.73 Å². The summed E-state index contributed by atoms with van der Waals surface area (Å²) in [6.07, 6.45) is 3.55. The van der Waals surface area contributed by atoms with Crippen LogP contribution < -0.4 is 5.73 Å².